The Balaban J connectivity index is 1.01. The molecule has 3 aromatic carbocycles. The molecular formula is C47H51ClF2N8O8S. The van der Waals surface area contributed by atoms with E-state index in [9.17, 15) is 23.3 Å². The van der Waals surface area contributed by atoms with Crippen LogP contribution in [0.3, 0.4) is 0 Å². The normalized spacial score (nSPS) is 19.9. The maximum Gasteiger partial charge on any atom is 0.400 e. The van der Waals surface area contributed by atoms with Crippen LogP contribution in [-0.2, 0) is 19.5 Å². The number of piperazine rings is 1. The summed E-state index contributed by atoms with van der Waals surface area (Å²) in [6.07, 6.45) is -0.125. The number of sulfonamides is 1. The van der Waals surface area contributed by atoms with E-state index in [0.29, 0.717) is 48.0 Å². The SMILES string of the molecule is CC1(C)CCC(CN2CCN(c3ccc(C(=O)NS(=O)(=O)c4ccc(NC[C@H]5COCCO5)c([N+](=O)[O-])c4)c(N4CCC(F)(F)Oc5nc6[nH]ccc6cc54)c3)CC2)=C(c2ccc(Cl)cc2)C1. The number of pyridine rings is 1. The van der Waals surface area contributed by atoms with Crippen LogP contribution >= 0.6 is 11.6 Å². The first-order valence-corrected chi connectivity index (χ1v) is 24.1. The molecule has 9 rings (SSSR count). The molecule has 0 bridgehead atoms. The summed E-state index contributed by atoms with van der Waals surface area (Å²) in [7, 11) is -4.73. The molecule has 3 aliphatic heterocycles. The summed E-state index contributed by atoms with van der Waals surface area (Å²) in [6, 6.07) is 19.5. The zero-order valence-electron chi connectivity index (χ0n) is 37.0. The number of nitrogens with one attached hydrogen (secondary N) is 3. The van der Waals surface area contributed by atoms with Crippen molar-refractivity contribution < 1.29 is 41.1 Å². The van der Waals surface area contributed by atoms with Crippen LogP contribution in [0.5, 0.6) is 5.88 Å². The van der Waals surface area contributed by atoms with E-state index >= 15 is 8.78 Å². The van der Waals surface area contributed by atoms with Gasteiger partial charge in [0.2, 0.25) is 5.88 Å². The molecular weight excluding hydrogens is 910 g/mol. The van der Waals surface area contributed by atoms with Gasteiger partial charge < -0.3 is 34.3 Å². The zero-order chi connectivity index (χ0) is 47.1. The summed E-state index contributed by atoms with van der Waals surface area (Å²) >= 11 is 6.25. The number of carbonyl (C=O) groups is 1. The van der Waals surface area contributed by atoms with Crippen molar-refractivity contribution in [3.05, 3.63) is 111 Å². The van der Waals surface area contributed by atoms with Crippen LogP contribution in [-0.4, -0.2) is 112 Å². The smallest absolute Gasteiger partial charge is 0.400 e. The molecule has 67 heavy (non-hydrogen) atoms. The van der Waals surface area contributed by atoms with Gasteiger partial charge in [-0.05, 0) is 90.4 Å². The number of aromatic amines is 1. The van der Waals surface area contributed by atoms with Crippen molar-refractivity contribution in [3.8, 4) is 5.88 Å². The molecule has 5 aromatic rings. The van der Waals surface area contributed by atoms with E-state index in [0.717, 1.165) is 51.0 Å². The fourth-order valence-corrected chi connectivity index (χ4v) is 10.3. The van der Waals surface area contributed by atoms with Crippen molar-refractivity contribution in [3.63, 3.8) is 0 Å². The molecule has 2 saturated heterocycles. The molecule has 354 valence electrons. The Labute approximate surface area is 391 Å². The van der Waals surface area contributed by atoms with E-state index in [1.54, 1.807) is 30.5 Å². The Morgan fingerprint density at radius 1 is 0.985 bits per heavy atom. The fraction of sp³-hybridized carbons (Fsp3) is 0.404. The maximum absolute atomic E-state index is 15.3. The Bertz CT molecular complexity index is 2830. The Kier molecular flexibility index (Phi) is 12.9. The first kappa shape index (κ1) is 46.3. The number of fused-ring (bicyclic) bond motifs is 2. The lowest BCUT2D eigenvalue weighted by molar-refractivity contribution is -0.384. The number of alkyl halides is 2. The van der Waals surface area contributed by atoms with Gasteiger partial charge in [-0.25, -0.2) is 13.1 Å². The highest BCUT2D eigenvalue weighted by molar-refractivity contribution is 7.90. The number of nitro groups is 1. The molecule has 1 amide bonds. The van der Waals surface area contributed by atoms with Crippen LogP contribution in [0.4, 0.5) is 37.2 Å². The molecule has 5 heterocycles. The summed E-state index contributed by atoms with van der Waals surface area (Å²) < 4.78 is 76.7. The summed E-state index contributed by atoms with van der Waals surface area (Å²) in [4.78, 5) is 38.6. The van der Waals surface area contributed by atoms with E-state index in [4.69, 9.17) is 25.8 Å². The predicted molar refractivity (Wildman–Crippen MR) is 251 cm³/mol. The van der Waals surface area contributed by atoms with Gasteiger partial charge >= 0.3 is 6.11 Å². The second-order valence-corrected chi connectivity index (χ2v) is 20.2. The van der Waals surface area contributed by atoms with Gasteiger partial charge in [0.15, 0.2) is 0 Å². The molecule has 0 spiro atoms. The van der Waals surface area contributed by atoms with E-state index < -0.39 is 44.0 Å². The minimum absolute atomic E-state index is 0.0463. The van der Waals surface area contributed by atoms with Gasteiger partial charge in [0, 0.05) is 74.2 Å². The van der Waals surface area contributed by atoms with E-state index in [1.807, 2.05) is 12.1 Å². The topological polar surface area (TPSA) is 185 Å². The Morgan fingerprint density at radius 3 is 2.52 bits per heavy atom. The van der Waals surface area contributed by atoms with E-state index in [2.05, 4.69) is 55.8 Å². The minimum atomic E-state index is -4.73. The van der Waals surface area contributed by atoms with Gasteiger partial charge in [0.25, 0.3) is 21.6 Å². The van der Waals surface area contributed by atoms with Crippen LogP contribution in [0.2, 0.25) is 5.02 Å². The van der Waals surface area contributed by atoms with Crippen molar-refractivity contribution >= 4 is 72.6 Å². The highest BCUT2D eigenvalue weighted by Crippen LogP contribution is 2.45. The number of hydrogen-bond acceptors (Lipinski definition) is 13. The highest BCUT2D eigenvalue weighted by atomic mass is 35.5. The van der Waals surface area contributed by atoms with Crippen molar-refractivity contribution in [1.82, 2.24) is 19.6 Å². The molecule has 0 saturated carbocycles. The van der Waals surface area contributed by atoms with Gasteiger partial charge in [-0.3, -0.25) is 19.8 Å². The molecule has 4 aliphatic rings. The molecule has 1 atom stereocenters. The first-order valence-electron chi connectivity index (χ1n) is 22.2. The van der Waals surface area contributed by atoms with Gasteiger partial charge in [0.1, 0.15) is 17.0 Å². The molecule has 3 N–H and O–H groups in total. The van der Waals surface area contributed by atoms with Gasteiger partial charge in [-0.2, -0.15) is 13.8 Å². The van der Waals surface area contributed by atoms with Crippen molar-refractivity contribution in [2.75, 3.05) is 80.8 Å². The lowest BCUT2D eigenvalue weighted by Gasteiger charge is -2.39. The summed E-state index contributed by atoms with van der Waals surface area (Å²) in [5.74, 6) is -1.46. The van der Waals surface area contributed by atoms with Crippen LogP contribution in [0.1, 0.15) is 55.5 Å². The number of halogens is 3. The number of amides is 1. The number of nitrogens with zero attached hydrogens (tertiary/aromatic N) is 5. The van der Waals surface area contributed by atoms with Crippen LogP contribution in [0.25, 0.3) is 16.6 Å². The molecule has 16 nitrogen and oxygen atoms in total. The van der Waals surface area contributed by atoms with Crippen molar-refractivity contribution in [2.24, 2.45) is 5.41 Å². The molecule has 2 aromatic heterocycles. The van der Waals surface area contributed by atoms with Gasteiger partial charge in [-0.1, -0.05) is 43.2 Å². The third kappa shape index (κ3) is 10.4. The first-order chi connectivity index (χ1) is 32.0. The number of ether oxygens (including phenoxy) is 3. The molecule has 0 radical (unpaired) electrons. The number of allylic oxidation sites excluding steroid dienone is 1. The van der Waals surface area contributed by atoms with Gasteiger partial charge in [-0.15, -0.1) is 0 Å². The number of anilines is 4. The van der Waals surface area contributed by atoms with Crippen molar-refractivity contribution in [1.29, 1.82) is 0 Å². The minimum Gasteiger partial charge on any atom is -0.412 e. The van der Waals surface area contributed by atoms with Crippen LogP contribution < -0.4 is 24.6 Å². The van der Waals surface area contributed by atoms with E-state index in [1.165, 1.54) is 33.7 Å². The monoisotopic (exact) mass is 960 g/mol. The zero-order valence-corrected chi connectivity index (χ0v) is 38.6. The van der Waals surface area contributed by atoms with Crippen LogP contribution in [0, 0.1) is 15.5 Å². The summed E-state index contributed by atoms with van der Waals surface area (Å²) in [5, 5.41) is 16.4. The molecule has 1 aliphatic carbocycles. The standard InChI is InChI=1S/C47H51ClF2N8O8S/c1-46(2)13-11-32(38(26-46)30-3-5-33(48)6-4-30)28-55-17-19-56(20-18-55)34-7-9-37(40(24-34)57-16-14-47(49,50)66-45-42(57)23-31-12-15-51-43(31)53-45)44(59)54-67(62,63)36-8-10-39(41(25-36)58(60)61)52-27-35-29-64-21-22-65-35/h3-10,12,15,23-25,35,52H,11,13-14,16-22,26-29H2,1-2H3,(H,51,53)(H,54,59)/t35-/m0/s1. The Hall–Kier alpha value is -5.86. The summed E-state index contributed by atoms with van der Waals surface area (Å²) in [6.45, 7) is 9.03. The number of aromatic nitrogens is 2. The number of hydrogen-bond donors (Lipinski definition) is 3. The average Bonchev–Trinajstić information content (AvgIpc) is 3.71. The number of H-pyrrole nitrogens is 1. The van der Waals surface area contributed by atoms with Crippen molar-refractivity contribution in [2.45, 2.75) is 56.6 Å². The average molecular weight is 961 g/mol. The fourth-order valence-electron chi connectivity index (χ4n) is 9.15. The number of nitro benzene ring substituents is 1. The van der Waals surface area contributed by atoms with Gasteiger partial charge in [0.05, 0.1) is 53.4 Å². The third-order valence-corrected chi connectivity index (χ3v) is 14.4. The van der Waals surface area contributed by atoms with Crippen LogP contribution in [0.15, 0.2) is 89.5 Å². The number of rotatable bonds is 12. The Morgan fingerprint density at radius 2 is 1.78 bits per heavy atom. The number of carbonyl (C=O) groups excluding carboxylic acids is 1. The quantitative estimate of drug-likeness (QED) is 0.0802. The second kappa shape index (κ2) is 18.7. The lowest BCUT2D eigenvalue weighted by Crippen LogP contribution is -2.47. The largest absolute Gasteiger partial charge is 0.412 e. The highest BCUT2D eigenvalue weighted by Gasteiger charge is 2.40. The second-order valence-electron chi connectivity index (χ2n) is 18.1. The van der Waals surface area contributed by atoms with E-state index in [-0.39, 0.29) is 59.7 Å². The lowest BCUT2D eigenvalue weighted by atomic mass is 9.72. The third-order valence-electron chi connectivity index (χ3n) is 12.8. The molecule has 2 fully saturated rings. The predicted octanol–water partition coefficient (Wildman–Crippen LogP) is 8.37. The molecule has 20 heteroatoms. The molecule has 0 unspecified atom stereocenters. The maximum atomic E-state index is 15.3. The number of benzene rings is 3. The summed E-state index contributed by atoms with van der Waals surface area (Å²) in [5.41, 5.74) is 4.76.